The van der Waals surface area contributed by atoms with Gasteiger partial charge in [-0.25, -0.2) is 9.97 Å². The van der Waals surface area contributed by atoms with Gasteiger partial charge >= 0.3 is 0 Å². The van der Waals surface area contributed by atoms with E-state index in [4.69, 9.17) is 14.5 Å². The molecule has 34 heavy (non-hydrogen) atoms. The summed E-state index contributed by atoms with van der Waals surface area (Å²) < 4.78 is 11.0. The highest BCUT2D eigenvalue weighted by molar-refractivity contribution is 5.97. The molecule has 180 valence electrons. The van der Waals surface area contributed by atoms with Gasteiger partial charge in [0.1, 0.15) is 11.2 Å². The van der Waals surface area contributed by atoms with Crippen molar-refractivity contribution >= 4 is 22.1 Å². The minimum Gasteiger partial charge on any atom is -0.491 e. The van der Waals surface area contributed by atoms with E-state index in [2.05, 4.69) is 37.3 Å². The van der Waals surface area contributed by atoms with Gasteiger partial charge in [-0.15, -0.1) is 0 Å². The molecule has 0 aliphatic carbocycles. The number of ether oxygens (including phenoxy) is 2. The topological polar surface area (TPSA) is 91.1 Å². The first-order chi connectivity index (χ1) is 16.7. The van der Waals surface area contributed by atoms with E-state index in [1.807, 2.05) is 19.3 Å². The Morgan fingerprint density at radius 2 is 2.00 bits per heavy atom. The maximum absolute atomic E-state index is 5.51. The molecule has 0 unspecified atom stereocenters. The van der Waals surface area contributed by atoms with Crippen molar-refractivity contribution in [3.8, 4) is 22.9 Å². The number of likely N-dealkylation sites (tertiary alicyclic amines) is 1. The van der Waals surface area contributed by atoms with Crippen LogP contribution in [-0.4, -0.2) is 65.2 Å². The molecule has 0 amide bonds. The molecular weight excluding hydrogens is 428 g/mol. The summed E-state index contributed by atoms with van der Waals surface area (Å²) in [6.07, 6.45) is 9.12. The minimum absolute atomic E-state index is 0.483. The fourth-order valence-electron chi connectivity index (χ4n) is 5.04. The molecule has 5 heterocycles. The molecule has 8 nitrogen and oxygen atoms in total. The van der Waals surface area contributed by atoms with Crippen LogP contribution in [0.2, 0.25) is 0 Å². The molecule has 0 radical (unpaired) electrons. The van der Waals surface area contributed by atoms with E-state index in [0.717, 1.165) is 52.0 Å². The highest BCUT2D eigenvalue weighted by Gasteiger charge is 2.19. The zero-order valence-electron chi connectivity index (χ0n) is 20.3. The number of pyridine rings is 2. The second-order valence-electron chi connectivity index (χ2n) is 9.05. The summed E-state index contributed by atoms with van der Waals surface area (Å²) in [5.74, 6) is 1.13. The molecule has 0 bridgehead atoms. The number of fused-ring (bicyclic) bond motifs is 2. The predicted octanol–water partition coefficient (Wildman–Crippen LogP) is 4.40. The van der Waals surface area contributed by atoms with Crippen molar-refractivity contribution in [2.24, 2.45) is 0 Å². The summed E-state index contributed by atoms with van der Waals surface area (Å²) in [6.45, 7) is 7.56. The van der Waals surface area contributed by atoms with Crippen LogP contribution in [0.3, 0.4) is 0 Å². The lowest BCUT2D eigenvalue weighted by atomic mass is 10.1. The van der Waals surface area contributed by atoms with Crippen LogP contribution in [0, 0.1) is 6.92 Å². The van der Waals surface area contributed by atoms with E-state index in [-0.39, 0.29) is 0 Å². The van der Waals surface area contributed by atoms with Crippen LogP contribution in [-0.2, 0) is 6.54 Å². The zero-order chi connectivity index (χ0) is 23.5. The van der Waals surface area contributed by atoms with Crippen LogP contribution in [0.5, 0.6) is 11.6 Å². The molecule has 5 rings (SSSR count). The maximum Gasteiger partial charge on any atom is 0.257 e. The fraction of sp³-hybridized carbons (Fsp3) is 0.462. The standard InChI is InChI=1S/C26H34N6O2/c1-17-22-23(31-26(34-3)24(17)33-2)20(16-29-22)21-14-19-18(8-10-28-25(19)30-21)15-27-9-7-13-32-11-5-4-6-12-32/h8,10,14,16,27,29H,4-7,9,11-13,15H2,1-3H3,(H,28,30). The van der Waals surface area contributed by atoms with Crippen LogP contribution in [0.15, 0.2) is 24.5 Å². The second-order valence-corrected chi connectivity index (χ2v) is 9.05. The third-order valence-corrected chi connectivity index (χ3v) is 6.88. The van der Waals surface area contributed by atoms with Crippen molar-refractivity contribution in [2.75, 3.05) is 40.4 Å². The average Bonchev–Trinajstić information content (AvgIpc) is 3.49. The Balaban J connectivity index is 1.34. The van der Waals surface area contributed by atoms with Crippen LogP contribution >= 0.6 is 0 Å². The van der Waals surface area contributed by atoms with Crippen LogP contribution < -0.4 is 14.8 Å². The lowest BCUT2D eigenvalue weighted by Crippen LogP contribution is -2.32. The molecule has 0 saturated carbocycles. The van der Waals surface area contributed by atoms with E-state index >= 15 is 0 Å². The van der Waals surface area contributed by atoms with Crippen molar-refractivity contribution in [1.29, 1.82) is 0 Å². The SMILES string of the molecule is COc1nc2c(-c3cc4c(CNCCCN5CCCCC5)ccnc4[nH]3)c[nH]c2c(C)c1OC. The summed E-state index contributed by atoms with van der Waals surface area (Å²) in [4.78, 5) is 18.7. The second kappa shape index (κ2) is 10.0. The van der Waals surface area contributed by atoms with Gasteiger partial charge in [-0.3, -0.25) is 0 Å². The fourth-order valence-corrected chi connectivity index (χ4v) is 5.04. The number of rotatable bonds is 9. The number of piperidine rings is 1. The first kappa shape index (κ1) is 22.7. The number of aryl methyl sites for hydroxylation is 1. The lowest BCUT2D eigenvalue weighted by Gasteiger charge is -2.26. The number of nitrogens with one attached hydrogen (secondary N) is 3. The van der Waals surface area contributed by atoms with Gasteiger partial charge in [0.2, 0.25) is 0 Å². The number of hydrogen-bond donors (Lipinski definition) is 3. The molecule has 3 N–H and O–H groups in total. The average molecular weight is 463 g/mol. The summed E-state index contributed by atoms with van der Waals surface area (Å²) in [5, 5.41) is 4.76. The maximum atomic E-state index is 5.51. The molecule has 4 aromatic heterocycles. The molecule has 0 aromatic carbocycles. The number of aromatic nitrogens is 4. The number of aromatic amines is 2. The predicted molar refractivity (Wildman–Crippen MR) is 136 cm³/mol. The van der Waals surface area contributed by atoms with E-state index in [1.165, 1.54) is 50.9 Å². The molecule has 1 saturated heterocycles. The van der Waals surface area contributed by atoms with Gasteiger partial charge in [0.25, 0.3) is 5.88 Å². The Bertz CT molecular complexity index is 1270. The Morgan fingerprint density at radius 1 is 1.15 bits per heavy atom. The number of methoxy groups -OCH3 is 2. The quantitative estimate of drug-likeness (QED) is 0.320. The molecule has 0 atom stereocenters. The van der Waals surface area contributed by atoms with Crippen LogP contribution in [0.4, 0.5) is 0 Å². The third-order valence-electron chi connectivity index (χ3n) is 6.88. The van der Waals surface area contributed by atoms with Crippen molar-refractivity contribution in [1.82, 2.24) is 30.2 Å². The Kier molecular flexibility index (Phi) is 6.69. The molecule has 4 aromatic rings. The van der Waals surface area contributed by atoms with E-state index in [0.29, 0.717) is 11.6 Å². The van der Waals surface area contributed by atoms with Crippen LogP contribution in [0.25, 0.3) is 33.3 Å². The summed E-state index contributed by atoms with van der Waals surface area (Å²) in [7, 11) is 3.25. The highest BCUT2D eigenvalue weighted by Crippen LogP contribution is 2.38. The Hall–Kier alpha value is -3.10. The van der Waals surface area contributed by atoms with Crippen molar-refractivity contribution < 1.29 is 9.47 Å². The molecule has 1 aliphatic heterocycles. The Labute approximate surface area is 200 Å². The van der Waals surface area contributed by atoms with Gasteiger partial charge in [-0.2, -0.15) is 0 Å². The van der Waals surface area contributed by atoms with Gasteiger partial charge in [0, 0.05) is 35.5 Å². The van der Waals surface area contributed by atoms with E-state index in [9.17, 15) is 0 Å². The largest absolute Gasteiger partial charge is 0.491 e. The van der Waals surface area contributed by atoms with E-state index < -0.39 is 0 Å². The highest BCUT2D eigenvalue weighted by atomic mass is 16.5. The Morgan fingerprint density at radius 3 is 2.79 bits per heavy atom. The molecular formula is C26H34N6O2. The summed E-state index contributed by atoms with van der Waals surface area (Å²) in [5.41, 5.74) is 6.85. The minimum atomic E-state index is 0.483. The van der Waals surface area contributed by atoms with Gasteiger partial charge in [-0.05, 0) is 70.1 Å². The summed E-state index contributed by atoms with van der Waals surface area (Å²) >= 11 is 0. The van der Waals surface area contributed by atoms with Gasteiger partial charge in [0.15, 0.2) is 5.75 Å². The van der Waals surface area contributed by atoms with Crippen molar-refractivity contribution in [3.05, 3.63) is 35.7 Å². The van der Waals surface area contributed by atoms with Gasteiger partial charge in [0.05, 0.1) is 25.4 Å². The van der Waals surface area contributed by atoms with E-state index in [1.54, 1.807) is 14.2 Å². The number of H-pyrrole nitrogens is 2. The third kappa shape index (κ3) is 4.35. The number of nitrogens with zero attached hydrogens (tertiary/aromatic N) is 3. The normalized spacial score (nSPS) is 14.8. The molecule has 1 fully saturated rings. The monoisotopic (exact) mass is 462 g/mol. The number of hydrogen-bond acceptors (Lipinski definition) is 6. The molecule has 1 aliphatic rings. The zero-order valence-corrected chi connectivity index (χ0v) is 20.3. The van der Waals surface area contributed by atoms with Crippen molar-refractivity contribution in [2.45, 2.75) is 39.2 Å². The summed E-state index contributed by atoms with van der Waals surface area (Å²) in [6, 6.07) is 4.27. The van der Waals surface area contributed by atoms with Gasteiger partial charge < -0.3 is 29.7 Å². The molecule has 8 heteroatoms. The smallest absolute Gasteiger partial charge is 0.257 e. The lowest BCUT2D eigenvalue weighted by molar-refractivity contribution is 0.225. The first-order valence-corrected chi connectivity index (χ1v) is 12.2. The van der Waals surface area contributed by atoms with Crippen molar-refractivity contribution in [3.63, 3.8) is 0 Å². The molecule has 0 spiro atoms. The van der Waals surface area contributed by atoms with Crippen LogP contribution in [0.1, 0.15) is 36.8 Å². The van der Waals surface area contributed by atoms with Gasteiger partial charge in [-0.1, -0.05) is 6.42 Å². The first-order valence-electron chi connectivity index (χ1n) is 12.2.